The molecule has 0 spiro atoms. The molecule has 2 amide bonds. The van der Waals surface area contributed by atoms with Crippen molar-refractivity contribution in [3.8, 4) is 0 Å². The molecule has 4 nitrogen and oxygen atoms in total. The Bertz CT molecular complexity index is 1520. The van der Waals surface area contributed by atoms with E-state index in [1.54, 1.807) is 48.5 Å². The summed E-state index contributed by atoms with van der Waals surface area (Å²) in [4.78, 5) is 27.3. The predicted octanol–water partition coefficient (Wildman–Crippen LogP) is 3.55. The normalized spacial score (nSPS) is 11.2. The molecule has 0 radical (unpaired) electrons. The van der Waals surface area contributed by atoms with E-state index in [2.05, 4.69) is 47.0 Å². The maximum Gasteiger partial charge on any atom is 0.275 e. The van der Waals surface area contributed by atoms with Crippen molar-refractivity contribution in [2.24, 2.45) is 0 Å². The molecule has 204 valence electrons. The lowest BCUT2D eigenvalue weighted by Gasteiger charge is -2.25. The van der Waals surface area contributed by atoms with Crippen molar-refractivity contribution in [2.45, 2.75) is 0 Å². The minimum absolute atomic E-state index is 0. The zero-order valence-electron chi connectivity index (χ0n) is 22.0. The van der Waals surface area contributed by atoms with E-state index in [0.717, 1.165) is 15.9 Å². The molecular weight excluding hydrogens is 570 g/mol. The number of hydrogen-bond acceptors (Lipinski definition) is 2. The van der Waals surface area contributed by atoms with Crippen molar-refractivity contribution in [1.82, 2.24) is 5.32 Å². The van der Waals surface area contributed by atoms with E-state index in [-0.39, 0.29) is 24.0 Å². The van der Waals surface area contributed by atoms with Crippen molar-refractivity contribution in [3.05, 3.63) is 168 Å². The fraction of sp³-hybridized carbons (Fsp3) is 0. The van der Waals surface area contributed by atoms with Gasteiger partial charge in [0.25, 0.3) is 11.8 Å². The molecule has 5 rings (SSSR count). The van der Waals surface area contributed by atoms with Gasteiger partial charge in [-0.3, -0.25) is 9.59 Å². The zero-order valence-corrected chi connectivity index (χ0v) is 24.4. The minimum atomic E-state index is -2.58. The first-order chi connectivity index (χ1) is 19.6. The predicted molar refractivity (Wildman–Crippen MR) is 167 cm³/mol. The van der Waals surface area contributed by atoms with Gasteiger partial charge in [0.05, 0.1) is 0 Å². The van der Waals surface area contributed by atoms with Crippen LogP contribution in [0.4, 0.5) is 5.69 Å². The maximum absolute atomic E-state index is 13.9. The van der Waals surface area contributed by atoms with Gasteiger partial charge in [0.15, 0.2) is 0 Å². The van der Waals surface area contributed by atoms with Crippen LogP contribution in [-0.4, -0.2) is 11.8 Å². The van der Waals surface area contributed by atoms with Crippen LogP contribution in [0.15, 0.2) is 157 Å². The quantitative estimate of drug-likeness (QED) is 0.213. The van der Waals surface area contributed by atoms with Gasteiger partial charge in [-0.1, -0.05) is 84.4 Å². The van der Waals surface area contributed by atoms with Crippen LogP contribution in [0.3, 0.4) is 0 Å². The lowest BCUT2D eigenvalue weighted by molar-refractivity contribution is -0.113. The van der Waals surface area contributed by atoms with Crippen LogP contribution in [0.25, 0.3) is 0 Å². The van der Waals surface area contributed by atoms with E-state index in [0.29, 0.717) is 16.3 Å². The van der Waals surface area contributed by atoms with Crippen molar-refractivity contribution < 1.29 is 22.0 Å². The molecule has 0 bridgehead atoms. The molecule has 0 heterocycles. The summed E-state index contributed by atoms with van der Waals surface area (Å²) >= 11 is 6.06. The molecule has 41 heavy (non-hydrogen) atoms. The molecule has 5 aromatic carbocycles. The minimum Gasteiger partial charge on any atom is -1.00 e. The molecule has 7 heteroatoms. The van der Waals surface area contributed by atoms with E-state index in [1.165, 1.54) is 0 Å². The average molecular weight is 597 g/mol. The SMILES string of the molecule is O=C(Nc1ccc(Cl)cc1)C(=C[P+](c1ccccc1)(c1ccccc1)c1ccccc1)NC(=O)c1ccccc1.[Cl-]. The highest BCUT2D eigenvalue weighted by molar-refractivity contribution is 7.98. The molecule has 0 unspecified atom stereocenters. The zero-order chi connectivity index (χ0) is 27.8. The van der Waals surface area contributed by atoms with Crippen molar-refractivity contribution in [1.29, 1.82) is 0 Å². The second-order valence-electron chi connectivity index (χ2n) is 9.05. The molecule has 5 aromatic rings. The van der Waals surface area contributed by atoms with Crippen molar-refractivity contribution in [3.63, 3.8) is 0 Å². The van der Waals surface area contributed by atoms with Crippen LogP contribution in [-0.2, 0) is 4.79 Å². The highest BCUT2D eigenvalue weighted by Crippen LogP contribution is 2.57. The lowest BCUT2D eigenvalue weighted by Crippen LogP contribution is -3.00. The van der Waals surface area contributed by atoms with Crippen LogP contribution >= 0.6 is 18.9 Å². The highest BCUT2D eigenvalue weighted by Gasteiger charge is 2.45. The number of amides is 2. The molecule has 0 aliphatic carbocycles. The van der Waals surface area contributed by atoms with Crippen LogP contribution in [0.5, 0.6) is 0 Å². The number of anilines is 1. The second kappa shape index (κ2) is 13.9. The Morgan fingerprint density at radius 1 is 0.585 bits per heavy atom. The highest BCUT2D eigenvalue weighted by atomic mass is 35.5. The van der Waals surface area contributed by atoms with E-state index >= 15 is 0 Å². The third-order valence-electron chi connectivity index (χ3n) is 6.44. The first-order valence-corrected chi connectivity index (χ1v) is 15.0. The first kappa shape index (κ1) is 29.8. The molecule has 0 fully saturated rings. The number of halogens is 2. The third kappa shape index (κ3) is 6.93. The Labute approximate surface area is 251 Å². The standard InChI is InChI=1S/C34H26ClN2O2P.ClH/c35-27-21-23-28(24-22-27)36-34(39)32(37-33(38)26-13-5-1-6-14-26)25-40(29-15-7-2-8-16-29,30-17-9-3-10-18-30)31-19-11-4-12-20-31;/h1-25H,(H-,36,37,38,39);1H. The van der Waals surface area contributed by atoms with Gasteiger partial charge in [-0.15, -0.1) is 0 Å². The molecular formula is C34H27Cl2N2O2P. The summed E-state index contributed by atoms with van der Waals surface area (Å²) in [7, 11) is -2.58. The van der Waals surface area contributed by atoms with Crippen LogP contribution in [0.1, 0.15) is 10.4 Å². The second-order valence-corrected chi connectivity index (χ2v) is 12.7. The van der Waals surface area contributed by atoms with Gasteiger partial charge >= 0.3 is 0 Å². The fourth-order valence-corrected chi connectivity index (χ4v) is 8.48. The van der Waals surface area contributed by atoms with Gasteiger partial charge in [-0.25, -0.2) is 0 Å². The fourth-order valence-electron chi connectivity index (χ4n) is 4.52. The number of rotatable bonds is 8. The van der Waals surface area contributed by atoms with E-state index in [9.17, 15) is 9.59 Å². The Hall–Kier alpha value is -4.21. The van der Waals surface area contributed by atoms with Gasteiger partial charge in [0.1, 0.15) is 34.7 Å². The first-order valence-electron chi connectivity index (χ1n) is 12.8. The van der Waals surface area contributed by atoms with Gasteiger partial charge in [-0.05, 0) is 72.8 Å². The number of hydrogen-bond donors (Lipinski definition) is 2. The van der Waals surface area contributed by atoms with Gasteiger partial charge in [0.2, 0.25) is 0 Å². The summed E-state index contributed by atoms with van der Waals surface area (Å²) in [6.45, 7) is 0. The lowest BCUT2D eigenvalue weighted by atomic mass is 10.2. The van der Waals surface area contributed by atoms with E-state index in [1.807, 2.05) is 66.5 Å². The average Bonchev–Trinajstić information content (AvgIpc) is 3.02. The van der Waals surface area contributed by atoms with E-state index in [4.69, 9.17) is 11.6 Å². The Kier molecular flexibility index (Phi) is 10.1. The Balaban J connectivity index is 0.00000387. The Morgan fingerprint density at radius 3 is 1.44 bits per heavy atom. The summed E-state index contributed by atoms with van der Waals surface area (Å²) in [5.41, 5.74) is 1.18. The summed E-state index contributed by atoms with van der Waals surface area (Å²) in [5, 5.41) is 9.61. The van der Waals surface area contributed by atoms with Crippen molar-refractivity contribution in [2.75, 3.05) is 5.32 Å². The summed E-state index contributed by atoms with van der Waals surface area (Å²) < 4.78 is 0. The molecule has 0 aliphatic rings. The van der Waals surface area contributed by atoms with E-state index < -0.39 is 13.2 Å². The monoisotopic (exact) mass is 596 g/mol. The van der Waals surface area contributed by atoms with Crippen LogP contribution in [0, 0.1) is 0 Å². The topological polar surface area (TPSA) is 58.2 Å². The van der Waals surface area contributed by atoms with Crippen molar-refractivity contribution >= 4 is 52.3 Å². The summed E-state index contributed by atoms with van der Waals surface area (Å²) in [6, 6.07) is 46.2. The maximum atomic E-state index is 13.9. The van der Waals surface area contributed by atoms with Gasteiger partial charge < -0.3 is 23.0 Å². The largest absolute Gasteiger partial charge is 1.00 e. The Morgan fingerprint density at radius 2 is 1.00 bits per heavy atom. The van der Waals surface area contributed by atoms with Crippen LogP contribution in [0.2, 0.25) is 5.02 Å². The smallest absolute Gasteiger partial charge is 0.275 e. The summed E-state index contributed by atoms with van der Waals surface area (Å²) in [5.74, 6) is 1.16. The molecule has 0 atom stereocenters. The number of carbonyl (C=O) groups is 2. The molecule has 0 aliphatic heterocycles. The summed E-state index contributed by atoms with van der Waals surface area (Å²) in [6.07, 6.45) is 0. The molecule has 2 N–H and O–H groups in total. The third-order valence-corrected chi connectivity index (χ3v) is 10.7. The molecule has 0 saturated heterocycles. The number of carbonyl (C=O) groups excluding carboxylic acids is 2. The molecule has 0 saturated carbocycles. The number of nitrogens with one attached hydrogen (secondary N) is 2. The van der Waals surface area contributed by atoms with Gasteiger partial charge in [-0.2, -0.15) is 0 Å². The number of benzene rings is 5. The molecule has 0 aromatic heterocycles. The van der Waals surface area contributed by atoms with Gasteiger partial charge in [0, 0.05) is 16.3 Å². The van der Waals surface area contributed by atoms with Crippen LogP contribution < -0.4 is 39.0 Å².